The second-order valence-corrected chi connectivity index (χ2v) is 5.28. The molecule has 3 rings (SSSR count). The van der Waals surface area contributed by atoms with Crippen molar-refractivity contribution in [1.29, 1.82) is 0 Å². The number of nitrogen functional groups attached to an aromatic ring is 1. The Morgan fingerprint density at radius 2 is 2.06 bits per heavy atom. The van der Waals surface area contributed by atoms with Gasteiger partial charge in [0.2, 0.25) is 0 Å². The highest BCUT2D eigenvalue weighted by molar-refractivity contribution is 5.66. The summed E-state index contributed by atoms with van der Waals surface area (Å²) >= 11 is 0. The van der Waals surface area contributed by atoms with Crippen LogP contribution in [0, 0.1) is 0 Å². The van der Waals surface area contributed by atoms with Crippen LogP contribution in [0.1, 0.15) is 25.7 Å². The summed E-state index contributed by atoms with van der Waals surface area (Å²) in [6.45, 7) is 2.56. The highest BCUT2D eigenvalue weighted by Gasteiger charge is 2.31. The monoisotopic (exact) mass is 231 g/mol. The van der Waals surface area contributed by atoms with Gasteiger partial charge in [-0.05, 0) is 44.4 Å². The van der Waals surface area contributed by atoms with E-state index < -0.39 is 0 Å². The average Bonchev–Trinajstić information content (AvgIpc) is 2.79. The van der Waals surface area contributed by atoms with E-state index in [9.17, 15) is 0 Å². The Labute approximate surface area is 103 Å². The minimum Gasteiger partial charge on any atom is -0.397 e. The highest BCUT2D eigenvalue weighted by atomic mass is 15.2. The number of hydrogen-bond donors (Lipinski definition) is 2. The number of anilines is 2. The number of rotatable bonds is 2. The molecule has 2 unspecified atom stereocenters. The van der Waals surface area contributed by atoms with Crippen molar-refractivity contribution in [1.82, 2.24) is 4.90 Å². The van der Waals surface area contributed by atoms with Crippen LogP contribution in [-0.2, 0) is 0 Å². The van der Waals surface area contributed by atoms with Gasteiger partial charge in [0.25, 0.3) is 0 Å². The van der Waals surface area contributed by atoms with Gasteiger partial charge in [0.05, 0.1) is 11.4 Å². The van der Waals surface area contributed by atoms with Crippen molar-refractivity contribution < 1.29 is 0 Å². The molecule has 0 amide bonds. The molecule has 2 atom stereocenters. The first-order valence-electron chi connectivity index (χ1n) is 6.68. The van der Waals surface area contributed by atoms with Crippen molar-refractivity contribution in [2.45, 2.75) is 37.8 Å². The van der Waals surface area contributed by atoms with Crippen LogP contribution in [-0.4, -0.2) is 30.1 Å². The number of piperidine rings is 1. The van der Waals surface area contributed by atoms with E-state index in [1.165, 1.54) is 38.8 Å². The Balaban J connectivity index is 1.64. The van der Waals surface area contributed by atoms with Crippen LogP contribution in [0.4, 0.5) is 11.4 Å². The summed E-state index contributed by atoms with van der Waals surface area (Å²) in [5.41, 5.74) is 7.93. The second kappa shape index (κ2) is 4.57. The lowest BCUT2D eigenvalue weighted by molar-refractivity contribution is 0.188. The normalized spacial score (nSPS) is 28.9. The summed E-state index contributed by atoms with van der Waals surface area (Å²) in [6, 6.07) is 9.48. The fraction of sp³-hybridized carbons (Fsp3) is 0.571. The SMILES string of the molecule is Nc1ccccc1NC1CCN2CCCC2C1. The van der Waals surface area contributed by atoms with Crippen molar-refractivity contribution in [2.24, 2.45) is 0 Å². The summed E-state index contributed by atoms with van der Waals surface area (Å²) in [5.74, 6) is 0. The summed E-state index contributed by atoms with van der Waals surface area (Å²) < 4.78 is 0. The Morgan fingerprint density at radius 1 is 1.18 bits per heavy atom. The third-order valence-corrected chi connectivity index (χ3v) is 4.14. The van der Waals surface area contributed by atoms with Crippen LogP contribution in [0.25, 0.3) is 0 Å². The van der Waals surface area contributed by atoms with E-state index in [0.717, 1.165) is 17.4 Å². The number of para-hydroxylation sites is 2. The number of fused-ring (bicyclic) bond motifs is 1. The minimum atomic E-state index is 0.596. The van der Waals surface area contributed by atoms with Gasteiger partial charge in [-0.3, -0.25) is 0 Å². The van der Waals surface area contributed by atoms with Gasteiger partial charge < -0.3 is 16.0 Å². The lowest BCUT2D eigenvalue weighted by Crippen LogP contribution is -2.42. The predicted molar refractivity (Wildman–Crippen MR) is 72.1 cm³/mol. The van der Waals surface area contributed by atoms with Crippen molar-refractivity contribution in [2.75, 3.05) is 24.1 Å². The van der Waals surface area contributed by atoms with Crippen LogP contribution in [0.3, 0.4) is 0 Å². The van der Waals surface area contributed by atoms with E-state index in [1.54, 1.807) is 0 Å². The first-order chi connectivity index (χ1) is 8.33. The van der Waals surface area contributed by atoms with Crippen LogP contribution in [0.2, 0.25) is 0 Å². The molecule has 0 spiro atoms. The molecule has 0 aliphatic carbocycles. The van der Waals surface area contributed by atoms with Gasteiger partial charge in [-0.15, -0.1) is 0 Å². The van der Waals surface area contributed by atoms with E-state index in [-0.39, 0.29) is 0 Å². The smallest absolute Gasteiger partial charge is 0.0576 e. The van der Waals surface area contributed by atoms with E-state index in [1.807, 2.05) is 18.2 Å². The van der Waals surface area contributed by atoms with Crippen molar-refractivity contribution in [3.05, 3.63) is 24.3 Å². The van der Waals surface area contributed by atoms with Crippen molar-refractivity contribution in [3.63, 3.8) is 0 Å². The van der Waals surface area contributed by atoms with E-state index >= 15 is 0 Å². The number of nitrogens with zero attached hydrogens (tertiary/aromatic N) is 1. The molecule has 0 radical (unpaired) electrons. The van der Waals surface area contributed by atoms with Gasteiger partial charge in [-0.2, -0.15) is 0 Å². The molecule has 0 aromatic heterocycles. The Kier molecular flexibility index (Phi) is 2.93. The lowest BCUT2D eigenvalue weighted by Gasteiger charge is -2.35. The molecule has 0 bridgehead atoms. The standard InChI is InChI=1S/C14H21N3/c15-13-5-1-2-6-14(13)16-11-7-9-17-8-3-4-12(17)10-11/h1-2,5-6,11-12,16H,3-4,7-10,15H2. The van der Waals surface area contributed by atoms with E-state index in [2.05, 4.69) is 16.3 Å². The predicted octanol–water partition coefficient (Wildman–Crippen LogP) is 2.31. The van der Waals surface area contributed by atoms with Crippen LogP contribution in [0.5, 0.6) is 0 Å². The molecular formula is C14H21N3. The molecule has 2 fully saturated rings. The molecule has 92 valence electrons. The van der Waals surface area contributed by atoms with Gasteiger partial charge in [0, 0.05) is 18.6 Å². The highest BCUT2D eigenvalue weighted by Crippen LogP contribution is 2.29. The maximum Gasteiger partial charge on any atom is 0.0576 e. The number of nitrogens with one attached hydrogen (secondary N) is 1. The Morgan fingerprint density at radius 3 is 2.94 bits per heavy atom. The molecule has 1 aromatic rings. The third-order valence-electron chi connectivity index (χ3n) is 4.14. The summed E-state index contributed by atoms with van der Waals surface area (Å²) in [5, 5.41) is 3.61. The largest absolute Gasteiger partial charge is 0.397 e. The zero-order valence-electron chi connectivity index (χ0n) is 10.2. The molecule has 3 nitrogen and oxygen atoms in total. The molecule has 2 aliphatic heterocycles. The van der Waals surface area contributed by atoms with Gasteiger partial charge in [-0.1, -0.05) is 12.1 Å². The first kappa shape index (κ1) is 10.9. The summed E-state index contributed by atoms with van der Waals surface area (Å²) in [6.07, 6.45) is 5.27. The molecular weight excluding hydrogens is 210 g/mol. The number of hydrogen-bond acceptors (Lipinski definition) is 3. The summed E-state index contributed by atoms with van der Waals surface area (Å²) in [7, 11) is 0. The van der Waals surface area contributed by atoms with Crippen molar-refractivity contribution >= 4 is 11.4 Å². The molecule has 2 heterocycles. The minimum absolute atomic E-state index is 0.596. The average molecular weight is 231 g/mol. The van der Waals surface area contributed by atoms with E-state index in [0.29, 0.717) is 6.04 Å². The molecule has 3 heteroatoms. The maximum absolute atomic E-state index is 5.97. The van der Waals surface area contributed by atoms with Crippen molar-refractivity contribution in [3.8, 4) is 0 Å². The fourth-order valence-corrected chi connectivity index (χ4v) is 3.20. The molecule has 2 saturated heterocycles. The van der Waals surface area contributed by atoms with Crippen LogP contribution in [0.15, 0.2) is 24.3 Å². The molecule has 3 N–H and O–H groups in total. The molecule has 0 saturated carbocycles. The second-order valence-electron chi connectivity index (χ2n) is 5.28. The zero-order chi connectivity index (χ0) is 11.7. The topological polar surface area (TPSA) is 41.3 Å². The molecule has 1 aromatic carbocycles. The number of benzene rings is 1. The third kappa shape index (κ3) is 2.25. The van der Waals surface area contributed by atoms with Gasteiger partial charge in [0.15, 0.2) is 0 Å². The Bertz CT molecular complexity index is 391. The van der Waals surface area contributed by atoms with Crippen LogP contribution < -0.4 is 11.1 Å². The number of nitrogens with two attached hydrogens (primary N) is 1. The molecule has 2 aliphatic rings. The fourth-order valence-electron chi connectivity index (χ4n) is 3.20. The lowest BCUT2D eigenvalue weighted by atomic mass is 9.97. The quantitative estimate of drug-likeness (QED) is 0.767. The Hall–Kier alpha value is -1.22. The molecule has 17 heavy (non-hydrogen) atoms. The first-order valence-corrected chi connectivity index (χ1v) is 6.68. The van der Waals surface area contributed by atoms with Gasteiger partial charge in [-0.25, -0.2) is 0 Å². The summed E-state index contributed by atoms with van der Waals surface area (Å²) in [4.78, 5) is 2.65. The maximum atomic E-state index is 5.97. The van der Waals surface area contributed by atoms with Gasteiger partial charge >= 0.3 is 0 Å². The van der Waals surface area contributed by atoms with E-state index in [4.69, 9.17) is 5.73 Å². The zero-order valence-corrected chi connectivity index (χ0v) is 10.2. The van der Waals surface area contributed by atoms with Crippen LogP contribution >= 0.6 is 0 Å². The van der Waals surface area contributed by atoms with Gasteiger partial charge in [0.1, 0.15) is 0 Å².